The number of hydrogen-bond donors (Lipinski definition) is 3. The van der Waals surface area contributed by atoms with Crippen molar-refractivity contribution in [1.82, 2.24) is 19.4 Å². The van der Waals surface area contributed by atoms with Crippen LogP contribution in [0.25, 0.3) is 11.3 Å². The SMILES string of the molecule is CCOC(=O)Cn1c2c([nH]c(=O)c1=O)CCC1=C2C=C(n2ccc(CNC(=O)Nc3ccc(C(=O)OCC)cc3)c2)CC1. The number of rotatable bonds is 9. The molecule has 2 aliphatic rings. The Morgan fingerprint density at radius 2 is 1.70 bits per heavy atom. The number of nitrogens with one attached hydrogen (secondary N) is 3. The van der Waals surface area contributed by atoms with Gasteiger partial charge in [-0.3, -0.25) is 19.0 Å². The molecule has 2 aromatic heterocycles. The molecule has 1 aromatic carbocycles. The molecule has 3 aromatic rings. The molecule has 0 bridgehead atoms. The van der Waals surface area contributed by atoms with Crippen molar-refractivity contribution in [1.29, 1.82) is 0 Å². The van der Waals surface area contributed by atoms with Crippen LogP contribution in [0, 0.1) is 0 Å². The second-order valence-corrected chi connectivity index (χ2v) is 10.2. The summed E-state index contributed by atoms with van der Waals surface area (Å²) in [6.45, 7) is 3.83. The maximum absolute atomic E-state index is 12.8. The third kappa shape index (κ3) is 6.53. The average molecular weight is 588 g/mol. The largest absolute Gasteiger partial charge is 0.465 e. The number of urea groups is 1. The first kappa shape index (κ1) is 29.4. The molecule has 0 saturated carbocycles. The molecule has 0 atom stereocenters. The number of fused-ring (bicyclic) bond motifs is 2. The predicted molar refractivity (Wildman–Crippen MR) is 159 cm³/mol. The molecule has 224 valence electrons. The first-order valence-electron chi connectivity index (χ1n) is 14.2. The number of H-pyrrole nitrogens is 1. The van der Waals surface area contributed by atoms with Crippen LogP contribution in [0.1, 0.15) is 60.4 Å². The highest BCUT2D eigenvalue weighted by Crippen LogP contribution is 2.39. The minimum atomic E-state index is -0.788. The van der Waals surface area contributed by atoms with Crippen LogP contribution in [0.4, 0.5) is 10.5 Å². The van der Waals surface area contributed by atoms with E-state index < -0.39 is 29.1 Å². The summed E-state index contributed by atoms with van der Waals surface area (Å²) in [4.78, 5) is 64.5. The Hall–Kier alpha value is -5.13. The van der Waals surface area contributed by atoms with Crippen LogP contribution in [0.2, 0.25) is 0 Å². The van der Waals surface area contributed by atoms with Gasteiger partial charge in [0.2, 0.25) is 0 Å². The number of nitrogens with zero attached hydrogens (tertiary/aromatic N) is 2. The van der Waals surface area contributed by atoms with E-state index in [4.69, 9.17) is 9.47 Å². The summed E-state index contributed by atoms with van der Waals surface area (Å²) in [6.07, 6.45) is 8.70. The number of anilines is 1. The minimum Gasteiger partial charge on any atom is -0.465 e. The van der Waals surface area contributed by atoms with Crippen LogP contribution in [0.15, 0.2) is 64.0 Å². The van der Waals surface area contributed by atoms with E-state index in [1.54, 1.807) is 38.1 Å². The maximum Gasteiger partial charge on any atom is 0.338 e. The van der Waals surface area contributed by atoms with Crippen molar-refractivity contribution in [3.63, 3.8) is 0 Å². The number of amides is 2. The fourth-order valence-electron chi connectivity index (χ4n) is 5.33. The fraction of sp³-hybridized carbons (Fsp3) is 0.323. The van der Waals surface area contributed by atoms with Gasteiger partial charge >= 0.3 is 29.1 Å². The summed E-state index contributed by atoms with van der Waals surface area (Å²) >= 11 is 0. The number of hydrogen-bond acceptors (Lipinski definition) is 7. The quantitative estimate of drug-likeness (QED) is 0.256. The second-order valence-electron chi connectivity index (χ2n) is 10.2. The highest BCUT2D eigenvalue weighted by molar-refractivity contribution is 5.92. The second kappa shape index (κ2) is 12.8. The monoisotopic (exact) mass is 587 g/mol. The van der Waals surface area contributed by atoms with Crippen molar-refractivity contribution in [3.05, 3.63) is 97.6 Å². The Bertz CT molecular complexity index is 1740. The van der Waals surface area contributed by atoms with Crippen molar-refractivity contribution < 1.29 is 23.9 Å². The van der Waals surface area contributed by atoms with Crippen molar-refractivity contribution in [2.75, 3.05) is 18.5 Å². The zero-order valence-corrected chi connectivity index (χ0v) is 24.0. The van der Waals surface area contributed by atoms with Crippen molar-refractivity contribution >= 4 is 34.9 Å². The molecule has 0 saturated heterocycles. The van der Waals surface area contributed by atoms with Crippen LogP contribution >= 0.6 is 0 Å². The maximum atomic E-state index is 12.8. The van der Waals surface area contributed by atoms with Crippen LogP contribution in [-0.2, 0) is 33.8 Å². The molecule has 0 radical (unpaired) electrons. The Balaban J connectivity index is 1.29. The number of benzene rings is 1. The van der Waals surface area contributed by atoms with Gasteiger partial charge in [-0.05, 0) is 81.5 Å². The minimum absolute atomic E-state index is 0.174. The number of carbonyl (C=O) groups excluding carboxylic acids is 3. The zero-order chi connectivity index (χ0) is 30.5. The number of allylic oxidation sites excluding steroid dienone is 4. The summed E-state index contributed by atoms with van der Waals surface area (Å²) < 4.78 is 13.2. The fourth-order valence-corrected chi connectivity index (χ4v) is 5.33. The van der Waals surface area contributed by atoms with Gasteiger partial charge in [0.05, 0.1) is 24.5 Å². The molecule has 12 nitrogen and oxygen atoms in total. The highest BCUT2D eigenvalue weighted by atomic mass is 16.5. The van der Waals surface area contributed by atoms with E-state index in [1.165, 1.54) is 10.1 Å². The van der Waals surface area contributed by atoms with E-state index in [0.717, 1.165) is 36.1 Å². The molecule has 12 heteroatoms. The molecule has 5 rings (SSSR count). The lowest BCUT2D eigenvalue weighted by atomic mass is 9.84. The lowest BCUT2D eigenvalue weighted by molar-refractivity contribution is -0.143. The molecule has 0 aliphatic heterocycles. The lowest BCUT2D eigenvalue weighted by Crippen LogP contribution is -2.41. The van der Waals surface area contributed by atoms with Crippen LogP contribution in [0.5, 0.6) is 0 Å². The van der Waals surface area contributed by atoms with Gasteiger partial charge in [-0.15, -0.1) is 0 Å². The first-order chi connectivity index (χ1) is 20.8. The van der Waals surface area contributed by atoms with E-state index in [0.29, 0.717) is 29.1 Å². The Morgan fingerprint density at radius 1 is 0.953 bits per heavy atom. The summed E-state index contributed by atoms with van der Waals surface area (Å²) in [5.41, 5.74) is 4.43. The molecule has 2 heterocycles. The Kier molecular flexibility index (Phi) is 8.74. The van der Waals surface area contributed by atoms with Gasteiger partial charge < -0.3 is 29.7 Å². The Morgan fingerprint density at radius 3 is 2.44 bits per heavy atom. The Labute approximate surface area is 247 Å². The van der Waals surface area contributed by atoms with Gasteiger partial charge in [-0.25, -0.2) is 9.59 Å². The van der Waals surface area contributed by atoms with E-state index in [9.17, 15) is 24.0 Å². The smallest absolute Gasteiger partial charge is 0.338 e. The molecule has 0 fully saturated rings. The van der Waals surface area contributed by atoms with Gasteiger partial charge in [0.1, 0.15) is 6.54 Å². The van der Waals surface area contributed by atoms with E-state index in [2.05, 4.69) is 15.6 Å². The number of aryl methyl sites for hydroxylation is 1. The molecule has 43 heavy (non-hydrogen) atoms. The van der Waals surface area contributed by atoms with Gasteiger partial charge in [0.15, 0.2) is 0 Å². The first-order valence-corrected chi connectivity index (χ1v) is 14.2. The van der Waals surface area contributed by atoms with E-state index in [-0.39, 0.29) is 26.3 Å². The molecular weight excluding hydrogens is 554 g/mol. The number of carbonyl (C=O) groups is 3. The molecular formula is C31H33N5O7. The highest BCUT2D eigenvalue weighted by Gasteiger charge is 2.27. The summed E-state index contributed by atoms with van der Waals surface area (Å²) in [5.74, 6) is -0.998. The molecule has 2 aliphatic carbocycles. The van der Waals surface area contributed by atoms with Gasteiger partial charge in [-0.1, -0.05) is 5.57 Å². The molecule has 0 unspecified atom stereocenters. The molecule has 2 amide bonds. The third-order valence-electron chi connectivity index (χ3n) is 7.35. The van der Waals surface area contributed by atoms with E-state index >= 15 is 0 Å². The van der Waals surface area contributed by atoms with Gasteiger partial charge in [-0.2, -0.15) is 0 Å². The van der Waals surface area contributed by atoms with Crippen LogP contribution in [-0.4, -0.2) is 45.3 Å². The number of aromatic nitrogens is 3. The average Bonchev–Trinajstić information content (AvgIpc) is 3.48. The topological polar surface area (TPSA) is 154 Å². The van der Waals surface area contributed by atoms with Gasteiger partial charge in [0, 0.05) is 41.6 Å². The predicted octanol–water partition coefficient (Wildman–Crippen LogP) is 3.43. The summed E-state index contributed by atoms with van der Waals surface area (Å²) in [7, 11) is 0. The normalized spacial score (nSPS) is 13.9. The summed E-state index contributed by atoms with van der Waals surface area (Å²) in [6, 6.07) is 7.95. The number of esters is 2. The third-order valence-corrected chi connectivity index (χ3v) is 7.35. The zero-order valence-electron chi connectivity index (χ0n) is 24.0. The van der Waals surface area contributed by atoms with Gasteiger partial charge in [0.25, 0.3) is 0 Å². The van der Waals surface area contributed by atoms with Crippen molar-refractivity contribution in [2.24, 2.45) is 0 Å². The van der Waals surface area contributed by atoms with Crippen LogP contribution in [0.3, 0.4) is 0 Å². The lowest BCUT2D eigenvalue weighted by Gasteiger charge is -2.28. The van der Waals surface area contributed by atoms with E-state index in [1.807, 2.05) is 29.1 Å². The molecule has 0 spiro atoms. The summed E-state index contributed by atoms with van der Waals surface area (Å²) in [5, 5.41) is 5.57. The van der Waals surface area contributed by atoms with Crippen molar-refractivity contribution in [3.8, 4) is 0 Å². The number of ether oxygens (including phenoxy) is 2. The van der Waals surface area contributed by atoms with Crippen LogP contribution < -0.4 is 21.8 Å². The standard InChI is InChI=1S/C31H33N5O7/c1-3-42-26(37)18-36-27-24-15-23(11-7-20(24)8-12-25(27)34-28(38)29(36)39)35-14-13-19(17-35)16-32-31(41)33-22-9-5-21(6-10-22)30(40)43-4-2/h5-6,9-10,13-15,17H,3-4,7-8,11-12,16,18H2,1-2H3,(H,34,38)(H2,32,33,41). The molecule has 3 N–H and O–H groups in total. The van der Waals surface area contributed by atoms with Crippen molar-refractivity contribution in [2.45, 2.75) is 52.6 Å². The number of aromatic amines is 1.